The number of fused-ring (bicyclic) bond motifs is 1. The summed E-state index contributed by atoms with van der Waals surface area (Å²) in [6.45, 7) is 3.52. The van der Waals surface area contributed by atoms with Gasteiger partial charge in [-0.15, -0.1) is 0 Å². The number of esters is 1. The maximum Gasteiger partial charge on any atom is 0.374 e. The fourth-order valence-electron chi connectivity index (χ4n) is 2.91. The first-order valence-corrected chi connectivity index (χ1v) is 9.56. The summed E-state index contributed by atoms with van der Waals surface area (Å²) in [5.74, 6) is -1.58. The van der Waals surface area contributed by atoms with Crippen LogP contribution in [0.1, 0.15) is 41.4 Å². The molecular formula is C23H23NO5. The molecule has 6 heteroatoms. The number of rotatable bonds is 7. The molecule has 2 aromatic carbocycles. The van der Waals surface area contributed by atoms with E-state index in [1.807, 2.05) is 31.2 Å². The Morgan fingerprint density at radius 3 is 2.55 bits per heavy atom. The Morgan fingerprint density at radius 1 is 1.07 bits per heavy atom. The van der Waals surface area contributed by atoms with Crippen LogP contribution in [-0.2, 0) is 16.0 Å². The van der Waals surface area contributed by atoms with Gasteiger partial charge in [-0.05, 0) is 49.6 Å². The Bertz CT molecular complexity index is 1080. The van der Waals surface area contributed by atoms with Crippen LogP contribution in [0, 0.1) is 6.92 Å². The number of benzene rings is 2. The maximum absolute atomic E-state index is 12.2. The number of hydrogen-bond donors (Lipinski definition) is 1. The molecule has 0 unspecified atom stereocenters. The molecule has 3 rings (SSSR count). The van der Waals surface area contributed by atoms with Crippen LogP contribution >= 0.6 is 0 Å². The van der Waals surface area contributed by atoms with Gasteiger partial charge in [0.1, 0.15) is 5.58 Å². The van der Waals surface area contributed by atoms with E-state index in [2.05, 4.69) is 12.2 Å². The Hall–Kier alpha value is -3.41. The quantitative estimate of drug-likeness (QED) is 0.607. The largest absolute Gasteiger partial charge is 0.450 e. The van der Waals surface area contributed by atoms with E-state index in [1.165, 1.54) is 5.56 Å². The van der Waals surface area contributed by atoms with Crippen molar-refractivity contribution in [1.82, 2.24) is 0 Å². The Balaban J connectivity index is 1.59. The first kappa shape index (κ1) is 20.3. The smallest absolute Gasteiger partial charge is 0.374 e. The maximum atomic E-state index is 12.2. The van der Waals surface area contributed by atoms with Crippen molar-refractivity contribution >= 4 is 28.5 Å². The van der Waals surface area contributed by atoms with Crippen LogP contribution in [0.3, 0.4) is 0 Å². The van der Waals surface area contributed by atoms with Gasteiger partial charge in [-0.1, -0.05) is 37.1 Å². The summed E-state index contributed by atoms with van der Waals surface area (Å²) in [4.78, 5) is 36.4. The monoisotopic (exact) mass is 393 g/mol. The highest BCUT2D eigenvalue weighted by Crippen LogP contribution is 2.15. The van der Waals surface area contributed by atoms with E-state index in [4.69, 9.17) is 9.15 Å². The van der Waals surface area contributed by atoms with Crippen LogP contribution in [-0.4, -0.2) is 18.5 Å². The molecule has 1 amide bonds. The highest BCUT2D eigenvalue weighted by molar-refractivity contribution is 5.95. The first-order chi connectivity index (χ1) is 14.0. The molecule has 1 heterocycles. The van der Waals surface area contributed by atoms with Crippen molar-refractivity contribution in [1.29, 1.82) is 0 Å². The number of amides is 1. The molecule has 0 aliphatic rings. The molecule has 0 radical (unpaired) electrons. The standard InChI is InChI=1S/C23H23NO5/c1-3-4-5-16-7-9-17(10-8-16)24-22(26)14-28-23(27)21-13-19(25)18-12-15(2)6-11-20(18)29-21/h6-13H,3-5,14H2,1-2H3,(H,24,26). The number of carbonyl (C=O) groups excluding carboxylic acids is 2. The van der Waals surface area contributed by atoms with Gasteiger partial charge in [0.2, 0.25) is 5.76 Å². The lowest BCUT2D eigenvalue weighted by molar-refractivity contribution is -0.119. The molecule has 0 fully saturated rings. The number of hydrogen-bond acceptors (Lipinski definition) is 5. The topological polar surface area (TPSA) is 85.6 Å². The third-order valence-electron chi connectivity index (χ3n) is 4.47. The zero-order chi connectivity index (χ0) is 20.8. The number of unbranched alkanes of at least 4 members (excludes halogenated alkanes) is 1. The highest BCUT2D eigenvalue weighted by atomic mass is 16.5. The van der Waals surface area contributed by atoms with Gasteiger partial charge in [0.25, 0.3) is 5.91 Å². The second-order valence-electron chi connectivity index (χ2n) is 6.90. The summed E-state index contributed by atoms with van der Waals surface area (Å²) in [6.07, 6.45) is 3.24. The zero-order valence-corrected chi connectivity index (χ0v) is 16.5. The molecule has 3 aromatic rings. The molecule has 0 spiro atoms. The molecule has 1 N–H and O–H groups in total. The lowest BCUT2D eigenvalue weighted by atomic mass is 10.1. The van der Waals surface area contributed by atoms with Gasteiger partial charge in [0, 0.05) is 11.8 Å². The summed E-state index contributed by atoms with van der Waals surface area (Å²) in [6, 6.07) is 13.7. The van der Waals surface area contributed by atoms with Crippen LogP contribution in [0.5, 0.6) is 0 Å². The predicted molar refractivity (Wildman–Crippen MR) is 111 cm³/mol. The van der Waals surface area contributed by atoms with E-state index in [0.717, 1.165) is 30.9 Å². The Morgan fingerprint density at radius 2 is 1.83 bits per heavy atom. The van der Waals surface area contributed by atoms with Crippen molar-refractivity contribution in [2.75, 3.05) is 11.9 Å². The molecule has 0 aliphatic carbocycles. The van der Waals surface area contributed by atoms with E-state index in [9.17, 15) is 14.4 Å². The molecule has 0 saturated heterocycles. The molecule has 0 aliphatic heterocycles. The molecule has 0 bridgehead atoms. The summed E-state index contributed by atoms with van der Waals surface area (Å²) < 4.78 is 10.4. The van der Waals surface area contributed by atoms with Crippen molar-refractivity contribution < 1.29 is 18.7 Å². The average Bonchev–Trinajstić information content (AvgIpc) is 2.72. The van der Waals surface area contributed by atoms with Crippen LogP contribution in [0.25, 0.3) is 11.0 Å². The van der Waals surface area contributed by atoms with Crippen molar-refractivity contribution in [3.8, 4) is 0 Å². The lowest BCUT2D eigenvalue weighted by Crippen LogP contribution is -2.21. The normalized spacial score (nSPS) is 10.7. The minimum absolute atomic E-state index is 0.237. The van der Waals surface area contributed by atoms with Crippen molar-refractivity contribution in [3.05, 3.63) is 75.6 Å². The van der Waals surface area contributed by atoms with Gasteiger partial charge < -0.3 is 14.5 Å². The van der Waals surface area contributed by atoms with Gasteiger partial charge in [-0.2, -0.15) is 0 Å². The predicted octanol–water partition coefficient (Wildman–Crippen LogP) is 4.24. The summed E-state index contributed by atoms with van der Waals surface area (Å²) >= 11 is 0. The van der Waals surface area contributed by atoms with Crippen LogP contribution < -0.4 is 10.7 Å². The van der Waals surface area contributed by atoms with Gasteiger partial charge in [-0.3, -0.25) is 9.59 Å². The number of ether oxygens (including phenoxy) is 1. The van der Waals surface area contributed by atoms with Crippen molar-refractivity contribution in [2.45, 2.75) is 33.1 Å². The molecule has 0 saturated carbocycles. The molecule has 0 atom stereocenters. The molecule has 6 nitrogen and oxygen atoms in total. The number of nitrogens with one attached hydrogen (secondary N) is 1. The van der Waals surface area contributed by atoms with E-state index in [-0.39, 0.29) is 11.2 Å². The second-order valence-corrected chi connectivity index (χ2v) is 6.90. The van der Waals surface area contributed by atoms with Gasteiger partial charge in [-0.25, -0.2) is 4.79 Å². The first-order valence-electron chi connectivity index (χ1n) is 9.56. The average molecular weight is 393 g/mol. The van der Waals surface area contributed by atoms with Gasteiger partial charge in [0.15, 0.2) is 12.0 Å². The fraction of sp³-hybridized carbons (Fsp3) is 0.261. The molecule has 150 valence electrons. The minimum atomic E-state index is -0.866. The minimum Gasteiger partial charge on any atom is -0.450 e. The zero-order valence-electron chi connectivity index (χ0n) is 16.5. The third-order valence-corrected chi connectivity index (χ3v) is 4.47. The van der Waals surface area contributed by atoms with Crippen LogP contribution in [0.15, 0.2) is 57.7 Å². The van der Waals surface area contributed by atoms with E-state index in [0.29, 0.717) is 16.7 Å². The van der Waals surface area contributed by atoms with Crippen LogP contribution in [0.2, 0.25) is 0 Å². The Labute approximate surface area is 168 Å². The SMILES string of the molecule is CCCCc1ccc(NC(=O)COC(=O)c2cc(=O)c3cc(C)ccc3o2)cc1. The van der Waals surface area contributed by atoms with Crippen LogP contribution in [0.4, 0.5) is 5.69 Å². The summed E-state index contributed by atoms with van der Waals surface area (Å²) in [5, 5.41) is 3.06. The second kappa shape index (κ2) is 9.19. The third kappa shape index (κ3) is 5.31. The van der Waals surface area contributed by atoms with E-state index in [1.54, 1.807) is 18.2 Å². The number of aryl methyl sites for hydroxylation is 2. The fourth-order valence-corrected chi connectivity index (χ4v) is 2.91. The van der Waals surface area contributed by atoms with E-state index < -0.39 is 18.5 Å². The van der Waals surface area contributed by atoms with E-state index >= 15 is 0 Å². The Kier molecular flexibility index (Phi) is 6.44. The van der Waals surface area contributed by atoms with Gasteiger partial charge >= 0.3 is 5.97 Å². The molecule has 29 heavy (non-hydrogen) atoms. The van der Waals surface area contributed by atoms with Crippen molar-refractivity contribution in [2.24, 2.45) is 0 Å². The van der Waals surface area contributed by atoms with Gasteiger partial charge in [0.05, 0.1) is 5.39 Å². The molecule has 1 aromatic heterocycles. The highest BCUT2D eigenvalue weighted by Gasteiger charge is 2.15. The molecular weight excluding hydrogens is 370 g/mol. The van der Waals surface area contributed by atoms with Crippen molar-refractivity contribution in [3.63, 3.8) is 0 Å². The summed E-state index contributed by atoms with van der Waals surface area (Å²) in [7, 11) is 0. The summed E-state index contributed by atoms with van der Waals surface area (Å²) in [5.41, 5.74) is 2.70. The lowest BCUT2D eigenvalue weighted by Gasteiger charge is -2.08. The number of carbonyl (C=O) groups is 2. The number of anilines is 1.